The van der Waals surface area contributed by atoms with Crippen LogP contribution in [0.2, 0.25) is 0 Å². The largest absolute Gasteiger partial charge is 0.493 e. The summed E-state index contributed by atoms with van der Waals surface area (Å²) in [6.07, 6.45) is 8.21. The smallest absolute Gasteiger partial charge is 0.255 e. The third-order valence-corrected chi connectivity index (χ3v) is 10.2. The van der Waals surface area contributed by atoms with Crippen molar-refractivity contribution in [3.63, 3.8) is 0 Å². The summed E-state index contributed by atoms with van der Waals surface area (Å²) < 4.78 is 26.8. The number of carbonyl (C=O) groups excluding carboxylic acids is 4. The summed E-state index contributed by atoms with van der Waals surface area (Å²) in [4.78, 5) is 52.5. The van der Waals surface area contributed by atoms with E-state index in [9.17, 15) is 19.2 Å². The Morgan fingerprint density at radius 2 is 1.68 bits per heavy atom. The minimum atomic E-state index is -0.698. The first-order chi connectivity index (χ1) is 22.8. The van der Waals surface area contributed by atoms with Crippen LogP contribution in [0.3, 0.4) is 0 Å². The van der Waals surface area contributed by atoms with E-state index in [0.29, 0.717) is 42.9 Å². The summed E-state index contributed by atoms with van der Waals surface area (Å²) in [6.45, 7) is 4.42. The van der Waals surface area contributed by atoms with Crippen molar-refractivity contribution in [2.75, 3.05) is 39.9 Å². The predicted molar refractivity (Wildman–Crippen MR) is 173 cm³/mol. The van der Waals surface area contributed by atoms with Crippen LogP contribution in [0.4, 0.5) is 4.39 Å². The van der Waals surface area contributed by atoms with Gasteiger partial charge in [0.05, 0.1) is 13.7 Å². The van der Waals surface area contributed by atoms with E-state index in [1.54, 1.807) is 7.11 Å². The fourth-order valence-corrected chi connectivity index (χ4v) is 7.44. The van der Waals surface area contributed by atoms with Gasteiger partial charge in [0.25, 0.3) is 5.91 Å². The Bertz CT molecular complexity index is 1510. The molecule has 2 atom stereocenters. The van der Waals surface area contributed by atoms with Gasteiger partial charge in [0.2, 0.25) is 17.7 Å². The first-order valence-electron chi connectivity index (χ1n) is 17.1. The lowest BCUT2D eigenvalue weighted by Crippen LogP contribution is -2.52. The Hall–Kier alpha value is -3.99. The van der Waals surface area contributed by atoms with Gasteiger partial charge in [0, 0.05) is 37.4 Å². The molecule has 4 amide bonds. The number of nitrogens with zero attached hydrogens (tertiary/aromatic N) is 2. The van der Waals surface area contributed by atoms with Gasteiger partial charge in [-0.05, 0) is 92.5 Å². The van der Waals surface area contributed by atoms with Gasteiger partial charge in [-0.3, -0.25) is 24.5 Å². The SMILES string of the molecule is COc1ccc(C2CNC(=O)C2)cc1OCCCCCCCN1CCC(c2cc3c(cc2F)C(=O)N(C2CCC(=O)NC2=O)C3)CC1. The molecule has 3 saturated heterocycles. The fraction of sp³-hybridized carbons (Fsp3) is 0.556. The molecular weight excluding hydrogens is 603 g/mol. The van der Waals surface area contributed by atoms with Gasteiger partial charge in [-0.2, -0.15) is 0 Å². The Balaban J connectivity index is 0.886. The second-order valence-corrected chi connectivity index (χ2v) is 13.3. The van der Waals surface area contributed by atoms with Crippen molar-refractivity contribution < 1.29 is 33.0 Å². The number of ether oxygens (including phenoxy) is 2. The molecule has 4 heterocycles. The van der Waals surface area contributed by atoms with Crippen LogP contribution in [0.1, 0.15) is 103 Å². The first-order valence-corrected chi connectivity index (χ1v) is 17.1. The van der Waals surface area contributed by atoms with E-state index in [2.05, 4.69) is 15.5 Å². The molecule has 4 aliphatic heterocycles. The van der Waals surface area contributed by atoms with E-state index in [1.807, 2.05) is 24.3 Å². The molecule has 2 N–H and O–H groups in total. The summed E-state index contributed by atoms with van der Waals surface area (Å²) in [7, 11) is 1.64. The Kier molecular flexibility index (Phi) is 10.4. The number of unbranched alkanes of at least 4 members (excludes halogenated alkanes) is 4. The fourth-order valence-electron chi connectivity index (χ4n) is 7.44. The van der Waals surface area contributed by atoms with Gasteiger partial charge >= 0.3 is 0 Å². The maximum absolute atomic E-state index is 15.3. The molecule has 10 nitrogen and oxygen atoms in total. The molecule has 4 aliphatic rings. The standard InChI is InChI=1S/C36H45FN4O6/c1-46-31-9-7-24(25-19-34(43)38-21-25)18-32(31)47-16-6-4-2-3-5-13-40-14-11-23(12-15-40)27-17-26-22-41(36(45)28(26)20-29(27)37)30-8-10-33(42)39-35(30)44/h7,9,17-18,20,23,25,30H,2-6,8,10-16,19,21-22H2,1H3,(H,38,43)(H,39,42,44). The summed E-state index contributed by atoms with van der Waals surface area (Å²) in [5.74, 6) is 0.334. The van der Waals surface area contributed by atoms with Crippen LogP contribution in [0.25, 0.3) is 0 Å². The van der Waals surface area contributed by atoms with Gasteiger partial charge in [-0.25, -0.2) is 4.39 Å². The molecule has 2 aromatic carbocycles. The molecule has 0 aliphatic carbocycles. The zero-order valence-electron chi connectivity index (χ0n) is 27.2. The van der Waals surface area contributed by atoms with Crippen LogP contribution in [0.5, 0.6) is 11.5 Å². The number of carbonyl (C=O) groups is 4. The van der Waals surface area contributed by atoms with E-state index in [4.69, 9.17) is 9.47 Å². The molecular formula is C36H45FN4O6. The van der Waals surface area contributed by atoms with Crippen LogP contribution in [0, 0.1) is 5.82 Å². The minimum Gasteiger partial charge on any atom is -0.493 e. The lowest BCUT2D eigenvalue weighted by atomic mass is 9.87. The lowest BCUT2D eigenvalue weighted by molar-refractivity contribution is -0.137. The zero-order valence-corrected chi connectivity index (χ0v) is 27.2. The summed E-state index contributed by atoms with van der Waals surface area (Å²) in [5.41, 5.74) is 2.84. The van der Waals surface area contributed by atoms with Crippen LogP contribution >= 0.6 is 0 Å². The van der Waals surface area contributed by atoms with Crippen LogP contribution in [-0.2, 0) is 20.9 Å². The highest BCUT2D eigenvalue weighted by Gasteiger charge is 2.40. The number of piperidine rings is 2. The number of nitrogens with one attached hydrogen (secondary N) is 2. The third-order valence-electron chi connectivity index (χ3n) is 10.2. The molecule has 3 fully saturated rings. The number of likely N-dealkylation sites (tertiary alicyclic amines) is 1. The molecule has 0 spiro atoms. The van der Waals surface area contributed by atoms with Crippen molar-refractivity contribution in [3.05, 3.63) is 58.4 Å². The van der Waals surface area contributed by atoms with E-state index in [1.165, 1.54) is 11.0 Å². The molecule has 0 saturated carbocycles. The highest BCUT2D eigenvalue weighted by molar-refractivity contribution is 6.05. The average molecular weight is 649 g/mol. The molecule has 47 heavy (non-hydrogen) atoms. The minimum absolute atomic E-state index is 0.0885. The summed E-state index contributed by atoms with van der Waals surface area (Å²) in [6, 6.07) is 8.41. The second kappa shape index (κ2) is 14.8. The number of hydrogen-bond donors (Lipinski definition) is 2. The van der Waals surface area contributed by atoms with Gasteiger partial charge in [0.1, 0.15) is 11.9 Å². The number of rotatable bonds is 13. The van der Waals surface area contributed by atoms with Crippen molar-refractivity contribution in [3.8, 4) is 11.5 Å². The van der Waals surface area contributed by atoms with Crippen molar-refractivity contribution in [2.45, 2.75) is 88.6 Å². The van der Waals surface area contributed by atoms with Crippen LogP contribution in [0.15, 0.2) is 30.3 Å². The summed E-state index contributed by atoms with van der Waals surface area (Å²) >= 11 is 0. The summed E-state index contributed by atoms with van der Waals surface area (Å²) in [5, 5.41) is 5.20. The number of amides is 4. The van der Waals surface area contributed by atoms with Gasteiger partial charge in [0.15, 0.2) is 11.5 Å². The molecule has 6 rings (SSSR count). The van der Waals surface area contributed by atoms with Crippen molar-refractivity contribution >= 4 is 23.6 Å². The van der Waals surface area contributed by atoms with Gasteiger partial charge in [-0.15, -0.1) is 0 Å². The lowest BCUT2D eigenvalue weighted by Gasteiger charge is -2.32. The average Bonchev–Trinajstić information content (AvgIpc) is 3.64. The number of fused-ring (bicyclic) bond motifs is 1. The number of imide groups is 1. The second-order valence-electron chi connectivity index (χ2n) is 13.3. The Morgan fingerprint density at radius 3 is 2.43 bits per heavy atom. The normalized spacial score (nSPS) is 22.0. The predicted octanol–water partition coefficient (Wildman–Crippen LogP) is 4.41. The van der Waals surface area contributed by atoms with E-state index < -0.39 is 11.9 Å². The van der Waals surface area contributed by atoms with Crippen molar-refractivity contribution in [1.82, 2.24) is 20.4 Å². The van der Waals surface area contributed by atoms with E-state index >= 15 is 4.39 Å². The number of halogens is 1. The van der Waals surface area contributed by atoms with Gasteiger partial charge < -0.3 is 24.6 Å². The molecule has 2 unspecified atom stereocenters. The maximum atomic E-state index is 15.3. The zero-order chi connectivity index (χ0) is 32.9. The Morgan fingerprint density at radius 1 is 0.894 bits per heavy atom. The maximum Gasteiger partial charge on any atom is 0.255 e. The van der Waals surface area contributed by atoms with Crippen LogP contribution in [-0.4, -0.2) is 79.4 Å². The van der Waals surface area contributed by atoms with Crippen LogP contribution < -0.4 is 20.1 Å². The number of methoxy groups -OCH3 is 1. The monoisotopic (exact) mass is 648 g/mol. The molecule has 0 aromatic heterocycles. The third kappa shape index (κ3) is 7.61. The highest BCUT2D eigenvalue weighted by atomic mass is 19.1. The molecule has 2 aromatic rings. The van der Waals surface area contributed by atoms with E-state index in [-0.39, 0.29) is 48.3 Å². The molecule has 0 radical (unpaired) electrons. The van der Waals surface area contributed by atoms with E-state index in [0.717, 1.165) is 81.5 Å². The number of benzene rings is 2. The van der Waals surface area contributed by atoms with Gasteiger partial charge in [-0.1, -0.05) is 31.4 Å². The van der Waals surface area contributed by atoms with Crippen molar-refractivity contribution in [1.29, 1.82) is 0 Å². The topological polar surface area (TPSA) is 117 Å². The Labute approximate surface area is 275 Å². The molecule has 11 heteroatoms. The first kappa shape index (κ1) is 32.9. The highest BCUT2D eigenvalue weighted by Crippen LogP contribution is 2.36. The molecule has 0 bridgehead atoms. The quantitative estimate of drug-likeness (QED) is 0.244. The number of hydrogen-bond acceptors (Lipinski definition) is 7. The van der Waals surface area contributed by atoms with Crippen molar-refractivity contribution in [2.24, 2.45) is 0 Å². The molecule has 252 valence electrons.